The molecule has 1 rings (SSSR count). The fourth-order valence-electron chi connectivity index (χ4n) is 1.44. The molecular formula is C14H21NO4. The number of carbonyl (C=O) groups is 1. The van der Waals surface area contributed by atoms with E-state index in [-0.39, 0.29) is 29.9 Å². The van der Waals surface area contributed by atoms with Gasteiger partial charge in [0.05, 0.1) is 0 Å². The molecule has 0 saturated heterocycles. The molecule has 5 heteroatoms. The molecule has 0 radical (unpaired) electrons. The number of nitrogens with two attached hydrogens (primary N) is 1. The van der Waals surface area contributed by atoms with E-state index in [1.165, 1.54) is 12.1 Å². The van der Waals surface area contributed by atoms with Gasteiger partial charge in [-0.1, -0.05) is 19.9 Å². The Balaban J connectivity index is 2.61. The van der Waals surface area contributed by atoms with Crippen LogP contribution >= 0.6 is 0 Å². The number of phenols is 2. The van der Waals surface area contributed by atoms with E-state index in [4.69, 9.17) is 10.5 Å². The Morgan fingerprint density at radius 2 is 1.89 bits per heavy atom. The minimum absolute atomic E-state index is 0.188. The Labute approximate surface area is 113 Å². The van der Waals surface area contributed by atoms with Crippen molar-refractivity contribution < 1.29 is 19.7 Å². The van der Waals surface area contributed by atoms with Crippen LogP contribution in [0.5, 0.6) is 11.5 Å². The summed E-state index contributed by atoms with van der Waals surface area (Å²) in [5, 5.41) is 18.6. The molecule has 1 aromatic carbocycles. The van der Waals surface area contributed by atoms with Crippen molar-refractivity contribution in [1.82, 2.24) is 0 Å². The van der Waals surface area contributed by atoms with Crippen LogP contribution in [0.4, 0.5) is 0 Å². The third-order valence-corrected chi connectivity index (χ3v) is 3.04. The molecule has 19 heavy (non-hydrogen) atoms. The van der Waals surface area contributed by atoms with Crippen LogP contribution in [-0.2, 0) is 16.0 Å². The Morgan fingerprint density at radius 3 is 2.42 bits per heavy atom. The van der Waals surface area contributed by atoms with Crippen LogP contribution in [0.1, 0.15) is 26.3 Å². The topological polar surface area (TPSA) is 92.8 Å². The first-order valence-electron chi connectivity index (χ1n) is 6.28. The van der Waals surface area contributed by atoms with Crippen molar-refractivity contribution in [2.24, 2.45) is 11.7 Å². The number of hydrogen-bond acceptors (Lipinski definition) is 5. The molecule has 5 nitrogen and oxygen atoms in total. The third-order valence-electron chi connectivity index (χ3n) is 3.04. The Bertz CT molecular complexity index is 445. The molecule has 0 aliphatic carbocycles. The van der Waals surface area contributed by atoms with E-state index >= 15 is 0 Å². The second-order valence-electron chi connectivity index (χ2n) is 5.02. The van der Waals surface area contributed by atoms with Gasteiger partial charge in [-0.15, -0.1) is 0 Å². The van der Waals surface area contributed by atoms with E-state index in [0.29, 0.717) is 5.56 Å². The zero-order valence-corrected chi connectivity index (χ0v) is 11.5. The highest BCUT2D eigenvalue weighted by Crippen LogP contribution is 2.25. The van der Waals surface area contributed by atoms with Gasteiger partial charge in [0.15, 0.2) is 11.5 Å². The number of carbonyl (C=O) groups excluding carboxylic acids is 1. The monoisotopic (exact) mass is 267 g/mol. The zero-order chi connectivity index (χ0) is 14.6. The summed E-state index contributed by atoms with van der Waals surface area (Å²) in [6, 6.07) is 3.56. The van der Waals surface area contributed by atoms with Gasteiger partial charge in [0.1, 0.15) is 12.1 Å². The molecule has 0 saturated carbocycles. The van der Waals surface area contributed by atoms with Crippen molar-refractivity contribution in [3.8, 4) is 11.5 Å². The molecule has 2 unspecified atom stereocenters. The van der Waals surface area contributed by atoms with Gasteiger partial charge in [-0.25, -0.2) is 0 Å². The van der Waals surface area contributed by atoms with Gasteiger partial charge in [-0.3, -0.25) is 4.79 Å². The molecule has 0 spiro atoms. The fourth-order valence-corrected chi connectivity index (χ4v) is 1.44. The van der Waals surface area contributed by atoms with E-state index in [0.717, 1.165) is 0 Å². The first-order valence-corrected chi connectivity index (χ1v) is 6.28. The summed E-state index contributed by atoms with van der Waals surface area (Å²) in [6.07, 6.45) is 0.0593. The van der Waals surface area contributed by atoms with Crippen molar-refractivity contribution >= 4 is 5.97 Å². The average Bonchev–Trinajstić information content (AvgIpc) is 2.33. The normalized spacial score (nSPS) is 14.2. The van der Waals surface area contributed by atoms with Gasteiger partial charge in [-0.2, -0.15) is 0 Å². The lowest BCUT2D eigenvalue weighted by Crippen LogP contribution is -2.37. The van der Waals surface area contributed by atoms with Crippen LogP contribution in [0.2, 0.25) is 0 Å². The predicted molar refractivity (Wildman–Crippen MR) is 71.8 cm³/mol. The van der Waals surface area contributed by atoms with E-state index < -0.39 is 12.0 Å². The van der Waals surface area contributed by atoms with Crippen LogP contribution in [0.15, 0.2) is 18.2 Å². The molecule has 0 bridgehead atoms. The van der Waals surface area contributed by atoms with Gasteiger partial charge < -0.3 is 20.7 Å². The van der Waals surface area contributed by atoms with Crippen LogP contribution < -0.4 is 5.73 Å². The number of hydrogen-bond donors (Lipinski definition) is 3. The minimum atomic E-state index is -0.787. The van der Waals surface area contributed by atoms with Crippen molar-refractivity contribution in [1.29, 1.82) is 0 Å². The number of benzene rings is 1. The Morgan fingerprint density at radius 1 is 1.26 bits per heavy atom. The highest BCUT2D eigenvalue weighted by atomic mass is 16.5. The van der Waals surface area contributed by atoms with Crippen molar-refractivity contribution in [3.63, 3.8) is 0 Å². The lowest BCUT2D eigenvalue weighted by molar-refractivity contribution is -0.151. The van der Waals surface area contributed by atoms with Crippen molar-refractivity contribution in [2.75, 3.05) is 0 Å². The summed E-state index contributed by atoms with van der Waals surface area (Å²) in [5.41, 5.74) is 6.43. The molecule has 0 fully saturated rings. The minimum Gasteiger partial charge on any atom is -0.504 e. The summed E-state index contributed by atoms with van der Waals surface area (Å²) < 4.78 is 5.22. The second-order valence-corrected chi connectivity index (χ2v) is 5.02. The van der Waals surface area contributed by atoms with Crippen LogP contribution in [-0.4, -0.2) is 28.3 Å². The molecule has 0 aliphatic heterocycles. The molecular weight excluding hydrogens is 246 g/mol. The van der Waals surface area contributed by atoms with Gasteiger partial charge in [0.2, 0.25) is 0 Å². The van der Waals surface area contributed by atoms with E-state index in [1.54, 1.807) is 6.07 Å². The number of esters is 1. The van der Waals surface area contributed by atoms with Crippen molar-refractivity contribution in [2.45, 2.75) is 39.3 Å². The summed E-state index contributed by atoms with van der Waals surface area (Å²) in [4.78, 5) is 11.8. The summed E-state index contributed by atoms with van der Waals surface area (Å²) >= 11 is 0. The van der Waals surface area contributed by atoms with Crippen LogP contribution in [0.25, 0.3) is 0 Å². The summed E-state index contributed by atoms with van der Waals surface area (Å²) in [6.45, 7) is 5.74. The smallest absolute Gasteiger partial charge is 0.323 e. The molecule has 0 aliphatic rings. The average molecular weight is 267 g/mol. The highest BCUT2D eigenvalue weighted by molar-refractivity contribution is 5.76. The lowest BCUT2D eigenvalue weighted by atomic mass is 10.1. The standard InChI is InChI=1S/C14H21NO4/c1-8(2)9(3)19-14(18)11(15)6-10-4-5-12(16)13(17)7-10/h4-5,7-9,11,16-17H,6,15H2,1-3H3. The fraction of sp³-hybridized carbons (Fsp3) is 0.500. The Hall–Kier alpha value is -1.75. The largest absolute Gasteiger partial charge is 0.504 e. The number of phenolic OH excluding ortho intramolecular Hbond substituents is 2. The van der Waals surface area contributed by atoms with E-state index in [2.05, 4.69) is 0 Å². The van der Waals surface area contributed by atoms with Crippen LogP contribution in [0.3, 0.4) is 0 Å². The molecule has 4 N–H and O–H groups in total. The number of aromatic hydroxyl groups is 2. The van der Waals surface area contributed by atoms with Crippen molar-refractivity contribution in [3.05, 3.63) is 23.8 Å². The SMILES string of the molecule is CC(C)C(C)OC(=O)C(N)Cc1ccc(O)c(O)c1. The number of rotatable bonds is 5. The first-order chi connectivity index (χ1) is 8.81. The van der Waals surface area contributed by atoms with Gasteiger partial charge >= 0.3 is 5.97 Å². The molecule has 1 aromatic rings. The molecule has 0 heterocycles. The third kappa shape index (κ3) is 4.44. The second kappa shape index (κ2) is 6.43. The zero-order valence-electron chi connectivity index (χ0n) is 11.5. The van der Waals surface area contributed by atoms with Gasteiger partial charge in [0.25, 0.3) is 0 Å². The Kier molecular flexibility index (Phi) is 5.18. The lowest BCUT2D eigenvalue weighted by Gasteiger charge is -2.19. The molecule has 0 aromatic heterocycles. The maximum absolute atomic E-state index is 11.8. The maximum atomic E-state index is 11.8. The van der Waals surface area contributed by atoms with E-state index in [1.807, 2.05) is 20.8 Å². The summed E-state index contributed by atoms with van der Waals surface area (Å²) in [5.74, 6) is -0.662. The highest BCUT2D eigenvalue weighted by Gasteiger charge is 2.20. The summed E-state index contributed by atoms with van der Waals surface area (Å²) in [7, 11) is 0. The van der Waals surface area contributed by atoms with Gasteiger partial charge in [-0.05, 0) is 37.0 Å². The molecule has 0 amide bonds. The quantitative estimate of drug-likeness (QED) is 0.556. The number of ether oxygens (including phenoxy) is 1. The molecule has 2 atom stereocenters. The van der Waals surface area contributed by atoms with E-state index in [9.17, 15) is 15.0 Å². The predicted octanol–water partition coefficient (Wildman–Crippen LogP) is 1.56. The maximum Gasteiger partial charge on any atom is 0.323 e. The molecule has 106 valence electrons. The first kappa shape index (κ1) is 15.3. The van der Waals surface area contributed by atoms with Crippen LogP contribution in [0, 0.1) is 5.92 Å². The van der Waals surface area contributed by atoms with Gasteiger partial charge in [0, 0.05) is 0 Å².